The molecule has 1 saturated heterocycles. The fourth-order valence-electron chi connectivity index (χ4n) is 2.41. The Morgan fingerprint density at radius 2 is 2.05 bits per heavy atom. The highest BCUT2D eigenvalue weighted by molar-refractivity contribution is 5.43. The molecular formula is C15H24N2O3. The van der Waals surface area contributed by atoms with Crippen LogP contribution in [-0.4, -0.2) is 56.4 Å². The van der Waals surface area contributed by atoms with Crippen molar-refractivity contribution in [2.24, 2.45) is 0 Å². The van der Waals surface area contributed by atoms with Crippen molar-refractivity contribution >= 4 is 0 Å². The van der Waals surface area contributed by atoms with Crippen LogP contribution in [-0.2, 0) is 0 Å². The Balaban J connectivity index is 2.03. The molecule has 1 heterocycles. The van der Waals surface area contributed by atoms with Gasteiger partial charge in [0.2, 0.25) is 0 Å². The monoisotopic (exact) mass is 280 g/mol. The zero-order valence-electron chi connectivity index (χ0n) is 12.3. The van der Waals surface area contributed by atoms with Crippen molar-refractivity contribution in [3.05, 3.63) is 23.8 Å². The third-order valence-electron chi connectivity index (χ3n) is 3.51. The molecule has 2 rings (SSSR count). The van der Waals surface area contributed by atoms with E-state index in [0.29, 0.717) is 24.7 Å². The highest BCUT2D eigenvalue weighted by Crippen LogP contribution is 2.30. The first-order valence-corrected chi connectivity index (χ1v) is 7.16. The fourth-order valence-corrected chi connectivity index (χ4v) is 2.41. The lowest BCUT2D eigenvalue weighted by molar-refractivity contribution is 0.105. The summed E-state index contributed by atoms with van der Waals surface area (Å²) in [5, 5.41) is 13.7. The van der Waals surface area contributed by atoms with E-state index in [1.165, 1.54) is 0 Å². The predicted octanol–water partition coefficient (Wildman–Crippen LogP) is 1.03. The topological polar surface area (TPSA) is 54.0 Å². The maximum atomic E-state index is 10.4. The summed E-state index contributed by atoms with van der Waals surface area (Å²) in [4.78, 5) is 2.27. The second-order valence-electron chi connectivity index (χ2n) is 4.91. The first kappa shape index (κ1) is 15.1. The van der Waals surface area contributed by atoms with E-state index in [1.807, 2.05) is 25.1 Å². The zero-order chi connectivity index (χ0) is 14.4. The number of aliphatic hydroxyl groups is 1. The SMILES string of the molecule is CCOc1ccc(C(O)CN2CCNCC2)cc1OC. The van der Waals surface area contributed by atoms with Crippen molar-refractivity contribution in [1.29, 1.82) is 0 Å². The summed E-state index contributed by atoms with van der Waals surface area (Å²) in [6, 6.07) is 5.62. The van der Waals surface area contributed by atoms with Gasteiger partial charge in [0.15, 0.2) is 11.5 Å². The largest absolute Gasteiger partial charge is 0.493 e. The zero-order valence-corrected chi connectivity index (χ0v) is 12.3. The van der Waals surface area contributed by atoms with Gasteiger partial charge in [0.1, 0.15) is 0 Å². The van der Waals surface area contributed by atoms with Crippen molar-refractivity contribution < 1.29 is 14.6 Å². The number of β-amino-alcohol motifs (C(OH)–C–C–N with tert-alkyl or cyclic N) is 1. The van der Waals surface area contributed by atoms with Crippen LogP contribution in [0.3, 0.4) is 0 Å². The van der Waals surface area contributed by atoms with Gasteiger partial charge < -0.3 is 19.9 Å². The van der Waals surface area contributed by atoms with E-state index in [2.05, 4.69) is 10.2 Å². The first-order valence-electron chi connectivity index (χ1n) is 7.16. The van der Waals surface area contributed by atoms with Crippen molar-refractivity contribution in [3.63, 3.8) is 0 Å². The van der Waals surface area contributed by atoms with E-state index in [9.17, 15) is 5.11 Å². The molecule has 2 N–H and O–H groups in total. The number of piperazine rings is 1. The summed E-state index contributed by atoms with van der Waals surface area (Å²) in [6.07, 6.45) is -0.502. The lowest BCUT2D eigenvalue weighted by Crippen LogP contribution is -2.44. The second kappa shape index (κ2) is 7.47. The van der Waals surface area contributed by atoms with Crippen molar-refractivity contribution in [2.75, 3.05) is 46.4 Å². The highest BCUT2D eigenvalue weighted by atomic mass is 16.5. The van der Waals surface area contributed by atoms with Gasteiger partial charge in [-0.1, -0.05) is 6.07 Å². The number of nitrogens with zero attached hydrogens (tertiary/aromatic N) is 1. The van der Waals surface area contributed by atoms with Gasteiger partial charge in [0, 0.05) is 32.7 Å². The number of aliphatic hydroxyl groups excluding tert-OH is 1. The molecule has 1 aromatic rings. The van der Waals surface area contributed by atoms with Gasteiger partial charge in [-0.05, 0) is 24.6 Å². The summed E-state index contributed by atoms with van der Waals surface area (Å²) in [5.41, 5.74) is 0.865. The minimum atomic E-state index is -0.502. The lowest BCUT2D eigenvalue weighted by Gasteiger charge is -2.29. The van der Waals surface area contributed by atoms with E-state index in [1.54, 1.807) is 7.11 Å². The molecule has 0 aromatic heterocycles. The van der Waals surface area contributed by atoms with Crippen LogP contribution < -0.4 is 14.8 Å². The molecule has 1 aliphatic rings. The Hall–Kier alpha value is -1.30. The van der Waals surface area contributed by atoms with E-state index in [4.69, 9.17) is 9.47 Å². The molecule has 1 unspecified atom stereocenters. The first-order chi connectivity index (χ1) is 9.74. The maximum absolute atomic E-state index is 10.4. The Kier molecular flexibility index (Phi) is 5.64. The van der Waals surface area contributed by atoms with E-state index < -0.39 is 6.10 Å². The molecule has 0 bridgehead atoms. The number of benzene rings is 1. The molecule has 0 radical (unpaired) electrons. The van der Waals surface area contributed by atoms with Gasteiger partial charge in [-0.2, -0.15) is 0 Å². The molecule has 1 aliphatic heterocycles. The molecular weight excluding hydrogens is 256 g/mol. The number of hydrogen-bond donors (Lipinski definition) is 2. The average Bonchev–Trinajstić information content (AvgIpc) is 2.49. The summed E-state index contributed by atoms with van der Waals surface area (Å²) >= 11 is 0. The van der Waals surface area contributed by atoms with Gasteiger partial charge in [-0.15, -0.1) is 0 Å². The molecule has 0 spiro atoms. The minimum Gasteiger partial charge on any atom is -0.493 e. The quantitative estimate of drug-likeness (QED) is 0.815. The Labute approximate surface area is 120 Å². The van der Waals surface area contributed by atoms with Gasteiger partial charge in [-0.25, -0.2) is 0 Å². The molecule has 5 nitrogen and oxygen atoms in total. The number of rotatable bonds is 6. The molecule has 0 saturated carbocycles. The maximum Gasteiger partial charge on any atom is 0.161 e. The predicted molar refractivity (Wildman–Crippen MR) is 78.4 cm³/mol. The Bertz CT molecular complexity index is 420. The van der Waals surface area contributed by atoms with Crippen LogP contribution in [0, 0.1) is 0 Å². The molecule has 20 heavy (non-hydrogen) atoms. The van der Waals surface area contributed by atoms with Crippen LogP contribution >= 0.6 is 0 Å². The lowest BCUT2D eigenvalue weighted by atomic mass is 10.1. The van der Waals surface area contributed by atoms with Crippen molar-refractivity contribution in [1.82, 2.24) is 10.2 Å². The third kappa shape index (κ3) is 3.85. The standard InChI is InChI=1S/C15H24N2O3/c1-3-20-14-5-4-12(10-15(14)19-2)13(18)11-17-8-6-16-7-9-17/h4-5,10,13,16,18H,3,6-9,11H2,1-2H3. The van der Waals surface area contributed by atoms with Crippen LogP contribution in [0.1, 0.15) is 18.6 Å². The van der Waals surface area contributed by atoms with Gasteiger partial charge >= 0.3 is 0 Å². The summed E-state index contributed by atoms with van der Waals surface area (Å²) in [5.74, 6) is 1.39. The van der Waals surface area contributed by atoms with Crippen LogP contribution in [0.25, 0.3) is 0 Å². The molecule has 0 aliphatic carbocycles. The highest BCUT2D eigenvalue weighted by Gasteiger charge is 2.17. The van der Waals surface area contributed by atoms with E-state index >= 15 is 0 Å². The number of methoxy groups -OCH3 is 1. The second-order valence-corrected chi connectivity index (χ2v) is 4.91. The molecule has 0 amide bonds. The van der Waals surface area contributed by atoms with E-state index in [0.717, 1.165) is 31.7 Å². The number of hydrogen-bond acceptors (Lipinski definition) is 5. The number of ether oxygens (including phenoxy) is 2. The molecule has 1 aromatic carbocycles. The van der Waals surface area contributed by atoms with Crippen LogP contribution in [0.2, 0.25) is 0 Å². The molecule has 1 atom stereocenters. The molecule has 112 valence electrons. The Morgan fingerprint density at radius 1 is 1.30 bits per heavy atom. The Morgan fingerprint density at radius 3 is 2.70 bits per heavy atom. The van der Waals surface area contributed by atoms with Gasteiger partial charge in [0.25, 0.3) is 0 Å². The average molecular weight is 280 g/mol. The van der Waals surface area contributed by atoms with Crippen LogP contribution in [0.4, 0.5) is 0 Å². The summed E-state index contributed by atoms with van der Waals surface area (Å²) in [7, 11) is 1.62. The minimum absolute atomic E-state index is 0.502. The summed E-state index contributed by atoms with van der Waals surface area (Å²) < 4.78 is 10.8. The van der Waals surface area contributed by atoms with Gasteiger partial charge in [-0.3, -0.25) is 4.90 Å². The van der Waals surface area contributed by atoms with E-state index in [-0.39, 0.29) is 0 Å². The molecule has 1 fully saturated rings. The molecule has 5 heteroatoms. The smallest absolute Gasteiger partial charge is 0.161 e. The summed E-state index contributed by atoms with van der Waals surface area (Å²) in [6.45, 7) is 7.11. The fraction of sp³-hybridized carbons (Fsp3) is 0.600. The van der Waals surface area contributed by atoms with Crippen LogP contribution in [0.15, 0.2) is 18.2 Å². The third-order valence-corrected chi connectivity index (χ3v) is 3.51. The normalized spacial score (nSPS) is 17.8. The number of nitrogens with one attached hydrogen (secondary N) is 1. The van der Waals surface area contributed by atoms with Crippen molar-refractivity contribution in [2.45, 2.75) is 13.0 Å². The van der Waals surface area contributed by atoms with Crippen molar-refractivity contribution in [3.8, 4) is 11.5 Å². The van der Waals surface area contributed by atoms with Gasteiger partial charge in [0.05, 0.1) is 19.8 Å². The van der Waals surface area contributed by atoms with Crippen LogP contribution in [0.5, 0.6) is 11.5 Å².